The zero-order valence-electron chi connectivity index (χ0n) is 11.0. The third-order valence-corrected chi connectivity index (χ3v) is 3.22. The van der Waals surface area contributed by atoms with Crippen molar-refractivity contribution in [2.24, 2.45) is 0 Å². The van der Waals surface area contributed by atoms with E-state index in [-0.39, 0.29) is 5.97 Å². The number of carbonyl (C=O) groups is 1. The fraction of sp³-hybridized carbons (Fsp3) is 0.462. The lowest BCUT2D eigenvalue weighted by molar-refractivity contribution is 0.0526. The van der Waals surface area contributed by atoms with E-state index in [1.165, 1.54) is 0 Å². The molecule has 100 valence electrons. The Bertz CT molecular complexity index is 410. The molecule has 0 radical (unpaired) electrons. The smallest absolute Gasteiger partial charge is 0.338 e. The van der Waals surface area contributed by atoms with Gasteiger partial charge in [0, 0.05) is 11.8 Å². The van der Waals surface area contributed by atoms with E-state index >= 15 is 0 Å². The molecule has 0 spiro atoms. The fourth-order valence-electron chi connectivity index (χ4n) is 1.58. The van der Waals surface area contributed by atoms with Crippen LogP contribution in [-0.2, 0) is 4.74 Å². The Hall–Kier alpha value is -1.36. The monoisotopic (exact) mass is 268 g/mol. The van der Waals surface area contributed by atoms with Crippen LogP contribution in [0.1, 0.15) is 24.2 Å². The first-order valence-electron chi connectivity index (χ1n) is 5.90. The van der Waals surface area contributed by atoms with Crippen LogP contribution in [0.15, 0.2) is 18.2 Å². The summed E-state index contributed by atoms with van der Waals surface area (Å²) in [6.07, 6.45) is 2.05. The number of carbonyl (C=O) groups excluding carboxylic acids is 1. The molecule has 0 saturated carbocycles. The van der Waals surface area contributed by atoms with E-state index in [4.69, 9.17) is 10.5 Å². The topological polar surface area (TPSA) is 64.3 Å². The van der Waals surface area contributed by atoms with Gasteiger partial charge in [0.05, 0.1) is 23.5 Å². The van der Waals surface area contributed by atoms with E-state index in [2.05, 4.69) is 18.5 Å². The molecule has 1 unspecified atom stereocenters. The Labute approximate surface area is 112 Å². The number of thioether (sulfide) groups is 1. The lowest BCUT2D eigenvalue weighted by atomic mass is 10.1. The number of nitrogens with one attached hydrogen (secondary N) is 1. The summed E-state index contributed by atoms with van der Waals surface area (Å²) in [4.78, 5) is 11.6. The number of hydrogen-bond donors (Lipinski definition) is 2. The van der Waals surface area contributed by atoms with Crippen LogP contribution in [0.4, 0.5) is 11.4 Å². The van der Waals surface area contributed by atoms with Gasteiger partial charge in [-0.25, -0.2) is 4.79 Å². The van der Waals surface area contributed by atoms with Crippen LogP contribution >= 0.6 is 11.8 Å². The van der Waals surface area contributed by atoms with Gasteiger partial charge < -0.3 is 15.8 Å². The molecule has 0 fully saturated rings. The molecule has 1 aromatic carbocycles. The number of ether oxygens (including phenoxy) is 1. The van der Waals surface area contributed by atoms with Crippen LogP contribution in [0.2, 0.25) is 0 Å². The summed E-state index contributed by atoms with van der Waals surface area (Å²) in [6, 6.07) is 5.43. The largest absolute Gasteiger partial charge is 0.462 e. The molecule has 4 nitrogen and oxygen atoms in total. The van der Waals surface area contributed by atoms with Gasteiger partial charge in [-0.1, -0.05) is 0 Å². The second-order valence-electron chi connectivity index (χ2n) is 4.02. The molecule has 18 heavy (non-hydrogen) atoms. The first-order chi connectivity index (χ1) is 8.58. The Morgan fingerprint density at radius 2 is 2.28 bits per heavy atom. The zero-order valence-corrected chi connectivity index (χ0v) is 11.8. The highest BCUT2D eigenvalue weighted by Crippen LogP contribution is 2.22. The van der Waals surface area contributed by atoms with Crippen molar-refractivity contribution in [3.8, 4) is 0 Å². The zero-order chi connectivity index (χ0) is 13.5. The summed E-state index contributed by atoms with van der Waals surface area (Å²) in [6.45, 7) is 4.23. The van der Waals surface area contributed by atoms with Crippen molar-refractivity contribution < 1.29 is 9.53 Å². The summed E-state index contributed by atoms with van der Waals surface area (Å²) in [7, 11) is 0. The van der Waals surface area contributed by atoms with Gasteiger partial charge in [-0.3, -0.25) is 0 Å². The Morgan fingerprint density at radius 3 is 2.89 bits per heavy atom. The van der Waals surface area contributed by atoms with Gasteiger partial charge in [0.25, 0.3) is 0 Å². The van der Waals surface area contributed by atoms with Gasteiger partial charge in [0.1, 0.15) is 0 Å². The molecule has 1 aromatic rings. The lowest BCUT2D eigenvalue weighted by Gasteiger charge is -2.16. The van der Waals surface area contributed by atoms with Crippen LogP contribution in [0.25, 0.3) is 0 Å². The molecule has 0 amide bonds. The number of nitrogens with two attached hydrogens (primary N) is 1. The molecule has 0 aromatic heterocycles. The summed E-state index contributed by atoms with van der Waals surface area (Å²) in [5.41, 5.74) is 7.82. The highest BCUT2D eigenvalue weighted by Gasteiger charge is 2.10. The number of anilines is 2. The Morgan fingerprint density at radius 1 is 1.56 bits per heavy atom. The van der Waals surface area contributed by atoms with Gasteiger partial charge in [-0.15, -0.1) is 0 Å². The van der Waals surface area contributed by atoms with Crippen molar-refractivity contribution in [2.75, 3.05) is 29.7 Å². The Balaban J connectivity index is 2.84. The van der Waals surface area contributed by atoms with Gasteiger partial charge in [-0.05, 0) is 38.3 Å². The average molecular weight is 268 g/mol. The molecule has 0 bridgehead atoms. The normalized spacial score (nSPS) is 11.9. The van der Waals surface area contributed by atoms with Crippen LogP contribution in [-0.4, -0.2) is 30.6 Å². The maximum atomic E-state index is 11.6. The number of nitrogen functional groups attached to an aromatic ring is 1. The first kappa shape index (κ1) is 14.7. The molecule has 5 heteroatoms. The van der Waals surface area contributed by atoms with Crippen LogP contribution in [0.5, 0.6) is 0 Å². The number of benzene rings is 1. The van der Waals surface area contributed by atoms with Gasteiger partial charge >= 0.3 is 5.97 Å². The minimum Gasteiger partial charge on any atom is -0.462 e. The molecule has 0 saturated heterocycles. The lowest BCUT2D eigenvalue weighted by Crippen LogP contribution is -2.19. The molecule has 0 aliphatic carbocycles. The quantitative estimate of drug-likeness (QED) is 0.613. The van der Waals surface area contributed by atoms with Crippen molar-refractivity contribution in [3.05, 3.63) is 23.8 Å². The van der Waals surface area contributed by atoms with E-state index < -0.39 is 0 Å². The highest BCUT2D eigenvalue weighted by molar-refractivity contribution is 7.98. The van der Waals surface area contributed by atoms with E-state index in [0.717, 1.165) is 11.4 Å². The number of esters is 1. The molecule has 0 aliphatic heterocycles. The fourth-order valence-corrected chi connectivity index (χ4v) is 2.16. The molecule has 3 N–H and O–H groups in total. The maximum Gasteiger partial charge on any atom is 0.338 e. The number of rotatable bonds is 6. The summed E-state index contributed by atoms with van der Waals surface area (Å²) >= 11 is 1.76. The van der Waals surface area contributed by atoms with Crippen molar-refractivity contribution in [2.45, 2.75) is 19.9 Å². The second kappa shape index (κ2) is 7.16. The summed E-state index contributed by atoms with van der Waals surface area (Å²) in [5, 5.41) is 3.29. The van der Waals surface area contributed by atoms with Crippen molar-refractivity contribution in [1.82, 2.24) is 0 Å². The summed E-state index contributed by atoms with van der Waals surface area (Å²) < 4.78 is 4.96. The predicted octanol–water partition coefficient (Wildman–Crippen LogP) is 2.61. The summed E-state index contributed by atoms with van der Waals surface area (Å²) in [5.74, 6) is 0.654. The van der Waals surface area contributed by atoms with E-state index in [1.54, 1.807) is 36.9 Å². The molecule has 0 heterocycles. The highest BCUT2D eigenvalue weighted by atomic mass is 32.2. The Kier molecular flexibility index (Phi) is 5.85. The minimum atomic E-state index is -0.321. The van der Waals surface area contributed by atoms with E-state index in [1.807, 2.05) is 0 Å². The van der Waals surface area contributed by atoms with Crippen molar-refractivity contribution in [1.29, 1.82) is 0 Å². The average Bonchev–Trinajstić information content (AvgIpc) is 2.32. The second-order valence-corrected chi connectivity index (χ2v) is 4.93. The first-order valence-corrected chi connectivity index (χ1v) is 7.30. The van der Waals surface area contributed by atoms with Crippen molar-refractivity contribution in [3.63, 3.8) is 0 Å². The molecule has 1 atom stereocenters. The number of hydrogen-bond acceptors (Lipinski definition) is 5. The van der Waals surface area contributed by atoms with Gasteiger partial charge in [0.2, 0.25) is 0 Å². The van der Waals surface area contributed by atoms with E-state index in [0.29, 0.717) is 23.9 Å². The SMILES string of the molecule is CCOC(=O)c1ccc(N)c(NC(C)CSC)c1. The third-order valence-electron chi connectivity index (χ3n) is 2.38. The molecule has 1 rings (SSSR count). The van der Waals surface area contributed by atoms with Crippen LogP contribution < -0.4 is 11.1 Å². The predicted molar refractivity (Wildman–Crippen MR) is 78.3 cm³/mol. The van der Waals surface area contributed by atoms with Gasteiger partial charge in [-0.2, -0.15) is 11.8 Å². The third kappa shape index (κ3) is 4.14. The molecular weight excluding hydrogens is 248 g/mol. The molecular formula is C13H20N2O2S. The van der Waals surface area contributed by atoms with E-state index in [9.17, 15) is 4.79 Å². The molecule has 0 aliphatic rings. The van der Waals surface area contributed by atoms with Crippen molar-refractivity contribution >= 4 is 29.1 Å². The maximum absolute atomic E-state index is 11.6. The standard InChI is InChI=1S/C13H20N2O2S/c1-4-17-13(16)10-5-6-11(14)12(7-10)15-9(2)8-18-3/h5-7,9,15H,4,8,14H2,1-3H3. The van der Waals surface area contributed by atoms with Crippen LogP contribution in [0.3, 0.4) is 0 Å². The van der Waals surface area contributed by atoms with Crippen LogP contribution in [0, 0.1) is 0 Å². The minimum absolute atomic E-state index is 0.291. The van der Waals surface area contributed by atoms with Gasteiger partial charge in [0.15, 0.2) is 0 Å².